The van der Waals surface area contributed by atoms with Gasteiger partial charge in [0.1, 0.15) is 6.04 Å². The highest BCUT2D eigenvalue weighted by Crippen LogP contribution is 2.27. The lowest BCUT2D eigenvalue weighted by Gasteiger charge is -2.23. The molecule has 138 valence electrons. The van der Waals surface area contributed by atoms with Crippen LogP contribution in [0.15, 0.2) is 53.4 Å². The van der Waals surface area contributed by atoms with Crippen molar-refractivity contribution in [1.29, 1.82) is 0 Å². The molecule has 1 amide bonds. The van der Waals surface area contributed by atoms with Crippen LogP contribution in [-0.4, -0.2) is 31.2 Å². The van der Waals surface area contributed by atoms with E-state index in [0.29, 0.717) is 29.4 Å². The Balaban J connectivity index is 1.74. The normalized spacial score (nSPS) is 18.0. The summed E-state index contributed by atoms with van der Waals surface area (Å²) in [7, 11) is -3.75. The van der Waals surface area contributed by atoms with Gasteiger partial charge < -0.3 is 5.32 Å². The fourth-order valence-electron chi connectivity index (χ4n) is 2.97. The SMILES string of the molecule is O=C(NCc1ccccc1Cl)[C@@H]1CCCN1S(=O)(=O)c1ccc(Cl)cc1. The van der Waals surface area contributed by atoms with Crippen molar-refractivity contribution in [2.24, 2.45) is 0 Å². The first kappa shape index (κ1) is 19.2. The zero-order valence-corrected chi connectivity index (χ0v) is 16.2. The Labute approximate surface area is 163 Å². The second-order valence-corrected chi connectivity index (χ2v) is 8.77. The van der Waals surface area contributed by atoms with E-state index in [9.17, 15) is 13.2 Å². The molecule has 0 unspecified atom stereocenters. The van der Waals surface area contributed by atoms with E-state index in [1.807, 2.05) is 18.2 Å². The standard InChI is InChI=1S/C18H18Cl2N2O3S/c19-14-7-9-15(10-8-14)26(24,25)22-11-3-6-17(22)18(23)21-12-13-4-1-2-5-16(13)20/h1-2,4-5,7-10,17H,3,6,11-12H2,(H,21,23)/t17-/m0/s1. The van der Waals surface area contributed by atoms with Crippen LogP contribution in [0.25, 0.3) is 0 Å². The minimum absolute atomic E-state index is 0.132. The molecule has 1 fully saturated rings. The van der Waals surface area contributed by atoms with E-state index in [4.69, 9.17) is 23.2 Å². The monoisotopic (exact) mass is 412 g/mol. The summed E-state index contributed by atoms with van der Waals surface area (Å²) in [5, 5.41) is 3.81. The van der Waals surface area contributed by atoms with Gasteiger partial charge in [0, 0.05) is 23.1 Å². The summed E-state index contributed by atoms with van der Waals surface area (Å²) >= 11 is 11.9. The quantitative estimate of drug-likeness (QED) is 0.817. The summed E-state index contributed by atoms with van der Waals surface area (Å²) in [6.45, 7) is 0.568. The van der Waals surface area contributed by atoms with Crippen molar-refractivity contribution in [3.63, 3.8) is 0 Å². The van der Waals surface area contributed by atoms with E-state index in [0.717, 1.165) is 5.56 Å². The lowest BCUT2D eigenvalue weighted by Crippen LogP contribution is -2.45. The molecule has 8 heteroatoms. The van der Waals surface area contributed by atoms with Gasteiger partial charge in [-0.2, -0.15) is 4.31 Å². The lowest BCUT2D eigenvalue weighted by molar-refractivity contribution is -0.124. The van der Waals surface area contributed by atoms with Crippen molar-refractivity contribution in [2.75, 3.05) is 6.54 Å². The Morgan fingerprint density at radius 1 is 1.12 bits per heavy atom. The summed E-state index contributed by atoms with van der Waals surface area (Å²) in [6.07, 6.45) is 1.12. The summed E-state index contributed by atoms with van der Waals surface area (Å²) in [4.78, 5) is 12.7. The van der Waals surface area contributed by atoms with E-state index >= 15 is 0 Å². The Hall–Kier alpha value is -1.60. The van der Waals surface area contributed by atoms with Crippen LogP contribution >= 0.6 is 23.2 Å². The summed E-state index contributed by atoms with van der Waals surface area (Å²) in [6, 6.07) is 12.4. The Morgan fingerprint density at radius 3 is 2.50 bits per heavy atom. The van der Waals surface area contributed by atoms with Gasteiger partial charge in [0.2, 0.25) is 15.9 Å². The number of nitrogens with one attached hydrogen (secondary N) is 1. The Bertz CT molecular complexity index is 901. The minimum Gasteiger partial charge on any atom is -0.351 e. The summed E-state index contributed by atoms with van der Waals surface area (Å²) in [5.41, 5.74) is 0.785. The number of nitrogens with zero attached hydrogens (tertiary/aromatic N) is 1. The van der Waals surface area contributed by atoms with Crippen LogP contribution in [0, 0.1) is 0 Å². The molecule has 0 bridgehead atoms. The van der Waals surface area contributed by atoms with E-state index < -0.39 is 16.1 Å². The van der Waals surface area contributed by atoms with Crippen LogP contribution in [0.5, 0.6) is 0 Å². The first-order valence-corrected chi connectivity index (χ1v) is 10.4. The third-order valence-electron chi connectivity index (χ3n) is 4.34. The van der Waals surface area contributed by atoms with E-state index in [1.54, 1.807) is 6.07 Å². The molecule has 1 heterocycles. The van der Waals surface area contributed by atoms with Crippen LogP contribution < -0.4 is 5.32 Å². The molecule has 1 aliphatic heterocycles. The van der Waals surface area contributed by atoms with Crippen molar-refractivity contribution < 1.29 is 13.2 Å². The van der Waals surface area contributed by atoms with Crippen molar-refractivity contribution in [2.45, 2.75) is 30.3 Å². The number of carbonyl (C=O) groups is 1. The molecule has 0 radical (unpaired) electrons. The maximum Gasteiger partial charge on any atom is 0.243 e. The van der Waals surface area contributed by atoms with Crippen LogP contribution in [0.3, 0.4) is 0 Å². The highest BCUT2D eigenvalue weighted by molar-refractivity contribution is 7.89. The second kappa shape index (κ2) is 7.96. The van der Waals surface area contributed by atoms with Gasteiger partial charge in [0.15, 0.2) is 0 Å². The number of carbonyl (C=O) groups excluding carboxylic acids is 1. The molecule has 0 saturated carbocycles. The number of hydrogen-bond acceptors (Lipinski definition) is 3. The lowest BCUT2D eigenvalue weighted by atomic mass is 10.2. The topological polar surface area (TPSA) is 66.5 Å². The van der Waals surface area contributed by atoms with Gasteiger partial charge in [-0.3, -0.25) is 4.79 Å². The van der Waals surface area contributed by atoms with Crippen LogP contribution in [-0.2, 0) is 21.4 Å². The van der Waals surface area contributed by atoms with Gasteiger partial charge in [-0.05, 0) is 48.7 Å². The van der Waals surface area contributed by atoms with Crippen LogP contribution in [0.4, 0.5) is 0 Å². The first-order chi connectivity index (χ1) is 12.4. The predicted molar refractivity (Wildman–Crippen MR) is 102 cm³/mol. The third-order valence-corrected chi connectivity index (χ3v) is 6.88. The molecule has 3 rings (SSSR count). The molecular weight excluding hydrogens is 395 g/mol. The van der Waals surface area contributed by atoms with E-state index in [1.165, 1.54) is 28.6 Å². The largest absolute Gasteiger partial charge is 0.351 e. The Kier molecular flexibility index (Phi) is 5.87. The highest BCUT2D eigenvalue weighted by Gasteiger charge is 2.39. The number of halogens is 2. The maximum atomic E-state index is 12.9. The number of sulfonamides is 1. The van der Waals surface area contributed by atoms with E-state index in [-0.39, 0.29) is 17.3 Å². The van der Waals surface area contributed by atoms with Gasteiger partial charge in [0.25, 0.3) is 0 Å². The highest BCUT2D eigenvalue weighted by atomic mass is 35.5. The Morgan fingerprint density at radius 2 is 1.81 bits per heavy atom. The molecule has 26 heavy (non-hydrogen) atoms. The first-order valence-electron chi connectivity index (χ1n) is 8.18. The van der Waals surface area contributed by atoms with Gasteiger partial charge in [-0.15, -0.1) is 0 Å². The summed E-state index contributed by atoms with van der Waals surface area (Å²) < 4.78 is 27.0. The molecule has 2 aromatic carbocycles. The van der Waals surface area contributed by atoms with Crippen molar-refractivity contribution in [3.05, 3.63) is 64.1 Å². The number of hydrogen-bond donors (Lipinski definition) is 1. The molecule has 0 spiro atoms. The smallest absolute Gasteiger partial charge is 0.243 e. The third kappa shape index (κ3) is 4.04. The summed E-state index contributed by atoms with van der Waals surface area (Å²) in [5.74, 6) is -0.319. The van der Waals surface area contributed by atoms with Gasteiger partial charge >= 0.3 is 0 Å². The van der Waals surface area contributed by atoms with Crippen molar-refractivity contribution in [1.82, 2.24) is 9.62 Å². The molecule has 1 saturated heterocycles. The molecule has 1 aliphatic rings. The van der Waals surface area contributed by atoms with Crippen molar-refractivity contribution in [3.8, 4) is 0 Å². The van der Waals surface area contributed by atoms with Crippen LogP contribution in [0.2, 0.25) is 10.0 Å². The van der Waals surface area contributed by atoms with Crippen molar-refractivity contribution >= 4 is 39.1 Å². The van der Waals surface area contributed by atoms with E-state index in [2.05, 4.69) is 5.32 Å². The average Bonchev–Trinajstić information content (AvgIpc) is 3.12. The van der Waals surface area contributed by atoms with Gasteiger partial charge in [-0.1, -0.05) is 41.4 Å². The van der Waals surface area contributed by atoms with Gasteiger partial charge in [-0.25, -0.2) is 8.42 Å². The molecule has 0 aliphatic carbocycles. The second-order valence-electron chi connectivity index (χ2n) is 6.04. The number of benzene rings is 2. The zero-order chi connectivity index (χ0) is 18.7. The molecule has 5 nitrogen and oxygen atoms in total. The molecule has 1 atom stereocenters. The maximum absolute atomic E-state index is 12.9. The molecule has 1 N–H and O–H groups in total. The molecule has 2 aromatic rings. The zero-order valence-electron chi connectivity index (χ0n) is 13.9. The fraction of sp³-hybridized carbons (Fsp3) is 0.278. The predicted octanol–water partition coefficient (Wildman–Crippen LogP) is 3.46. The van der Waals surface area contributed by atoms with Crippen LogP contribution in [0.1, 0.15) is 18.4 Å². The number of amides is 1. The minimum atomic E-state index is -3.75. The molecule has 0 aromatic heterocycles. The fourth-order valence-corrected chi connectivity index (χ4v) is 4.96. The molecular formula is C18H18Cl2N2O3S. The average molecular weight is 413 g/mol. The van der Waals surface area contributed by atoms with Gasteiger partial charge in [0.05, 0.1) is 4.90 Å². The number of rotatable bonds is 5.